The quantitative estimate of drug-likeness (QED) is 0.508. The van der Waals surface area contributed by atoms with Crippen molar-refractivity contribution in [2.24, 2.45) is 5.10 Å². The Kier molecular flexibility index (Phi) is 6.98. The molecule has 0 saturated heterocycles. The third-order valence-electron chi connectivity index (χ3n) is 3.55. The molecular formula is C19H22N2O4. The van der Waals surface area contributed by atoms with Crippen LogP contribution < -0.4 is 10.2 Å². The van der Waals surface area contributed by atoms with Gasteiger partial charge >= 0.3 is 0 Å². The topological polar surface area (TPSA) is 91.2 Å². The van der Waals surface area contributed by atoms with Crippen LogP contribution >= 0.6 is 0 Å². The van der Waals surface area contributed by atoms with Crippen molar-refractivity contribution in [1.82, 2.24) is 5.43 Å². The van der Waals surface area contributed by atoms with Crippen LogP contribution in [0.4, 0.5) is 0 Å². The summed E-state index contributed by atoms with van der Waals surface area (Å²) in [7, 11) is 0. The minimum absolute atomic E-state index is 0.0893. The number of carbonyl (C=O) groups is 1. The summed E-state index contributed by atoms with van der Waals surface area (Å²) in [5.74, 6) is 0.526. The van der Waals surface area contributed by atoms with Gasteiger partial charge in [-0.3, -0.25) is 4.79 Å². The Labute approximate surface area is 146 Å². The highest BCUT2D eigenvalue weighted by Crippen LogP contribution is 2.21. The average Bonchev–Trinajstić information content (AvgIpc) is 2.62. The normalized spacial score (nSPS) is 12.1. The number of phenols is 1. The summed E-state index contributed by atoms with van der Waals surface area (Å²) in [4.78, 5) is 11.8. The largest absolute Gasteiger partial charge is 0.507 e. The van der Waals surface area contributed by atoms with Gasteiger partial charge in [0.2, 0.25) is 5.91 Å². The van der Waals surface area contributed by atoms with E-state index in [-0.39, 0.29) is 24.5 Å². The first-order valence-corrected chi connectivity index (χ1v) is 8.11. The van der Waals surface area contributed by atoms with E-state index in [0.717, 1.165) is 11.3 Å². The lowest BCUT2D eigenvalue weighted by Gasteiger charge is -2.11. The van der Waals surface area contributed by atoms with Crippen molar-refractivity contribution in [3.63, 3.8) is 0 Å². The number of aromatic hydroxyl groups is 1. The van der Waals surface area contributed by atoms with E-state index in [4.69, 9.17) is 4.74 Å². The van der Waals surface area contributed by atoms with E-state index < -0.39 is 6.10 Å². The second-order valence-electron chi connectivity index (χ2n) is 5.41. The lowest BCUT2D eigenvalue weighted by Crippen LogP contribution is -2.18. The van der Waals surface area contributed by atoms with Crippen LogP contribution in [-0.4, -0.2) is 28.9 Å². The Hall–Kier alpha value is -2.86. The van der Waals surface area contributed by atoms with Crippen LogP contribution in [-0.2, 0) is 4.79 Å². The van der Waals surface area contributed by atoms with Crippen molar-refractivity contribution < 1.29 is 19.7 Å². The zero-order valence-corrected chi connectivity index (χ0v) is 14.1. The third-order valence-corrected chi connectivity index (χ3v) is 3.55. The van der Waals surface area contributed by atoms with Crippen molar-refractivity contribution in [2.75, 3.05) is 6.61 Å². The van der Waals surface area contributed by atoms with Crippen molar-refractivity contribution in [2.45, 2.75) is 25.9 Å². The number of hydrazone groups is 1. The molecule has 2 aromatic carbocycles. The number of phenolic OH excluding ortho intramolecular Hbond substituents is 1. The summed E-state index contributed by atoms with van der Waals surface area (Å²) >= 11 is 0. The monoisotopic (exact) mass is 342 g/mol. The smallest absolute Gasteiger partial charge is 0.240 e. The molecule has 0 spiro atoms. The summed E-state index contributed by atoms with van der Waals surface area (Å²) in [5.41, 5.74) is 3.62. The highest BCUT2D eigenvalue weighted by molar-refractivity contribution is 5.84. The summed E-state index contributed by atoms with van der Waals surface area (Å²) < 4.78 is 5.35. The number of rotatable bonds is 8. The summed E-state index contributed by atoms with van der Waals surface area (Å²) in [6.07, 6.45) is 1.05. The molecule has 0 aliphatic carbocycles. The number of para-hydroxylation sites is 1. The van der Waals surface area contributed by atoms with Gasteiger partial charge in [0.15, 0.2) is 0 Å². The highest BCUT2D eigenvalue weighted by Gasteiger charge is 2.10. The molecule has 0 aliphatic rings. The van der Waals surface area contributed by atoms with E-state index in [1.807, 2.05) is 6.92 Å². The standard InChI is InChI=1S/C19H22N2O4/c1-2-25-16-9-7-14(8-10-16)18(23)11-12-19(24)21-20-13-15-5-3-4-6-17(15)22/h3-10,13,18,22-23H,2,11-12H2,1H3,(H,21,24)/b20-13+. The molecule has 132 valence electrons. The van der Waals surface area contributed by atoms with Crippen LogP contribution in [0.5, 0.6) is 11.5 Å². The SMILES string of the molecule is CCOc1ccc(C(O)CCC(=O)N/N=C/c2ccccc2O)cc1. The lowest BCUT2D eigenvalue weighted by molar-refractivity contribution is -0.121. The van der Waals surface area contributed by atoms with Gasteiger partial charge < -0.3 is 14.9 Å². The summed E-state index contributed by atoms with van der Waals surface area (Å²) in [5, 5.41) is 23.5. The number of ether oxygens (including phenoxy) is 1. The first kappa shape index (κ1) is 18.5. The van der Waals surface area contributed by atoms with Gasteiger partial charge in [0.25, 0.3) is 0 Å². The molecule has 1 unspecified atom stereocenters. The first-order valence-electron chi connectivity index (χ1n) is 8.11. The summed E-state index contributed by atoms with van der Waals surface area (Å²) in [6, 6.07) is 13.8. The molecular weight excluding hydrogens is 320 g/mol. The molecule has 0 aliphatic heterocycles. The molecule has 0 radical (unpaired) electrons. The number of aliphatic hydroxyl groups excluding tert-OH is 1. The predicted molar refractivity (Wildman–Crippen MR) is 95.6 cm³/mol. The van der Waals surface area contributed by atoms with Crippen molar-refractivity contribution in [1.29, 1.82) is 0 Å². The number of benzene rings is 2. The number of hydrogen-bond donors (Lipinski definition) is 3. The minimum Gasteiger partial charge on any atom is -0.507 e. The summed E-state index contributed by atoms with van der Waals surface area (Å²) in [6.45, 7) is 2.49. The number of aliphatic hydroxyl groups is 1. The zero-order chi connectivity index (χ0) is 18.1. The maximum absolute atomic E-state index is 11.8. The maximum atomic E-state index is 11.8. The van der Waals surface area contributed by atoms with Gasteiger partial charge in [0.05, 0.1) is 18.9 Å². The van der Waals surface area contributed by atoms with Gasteiger partial charge in [-0.1, -0.05) is 24.3 Å². The second-order valence-corrected chi connectivity index (χ2v) is 5.41. The van der Waals surface area contributed by atoms with Crippen LogP contribution in [0.15, 0.2) is 53.6 Å². The van der Waals surface area contributed by atoms with E-state index in [2.05, 4.69) is 10.5 Å². The molecule has 25 heavy (non-hydrogen) atoms. The number of nitrogens with zero attached hydrogens (tertiary/aromatic N) is 1. The Balaban J connectivity index is 1.78. The fourth-order valence-electron chi connectivity index (χ4n) is 2.21. The molecule has 0 bridgehead atoms. The zero-order valence-electron chi connectivity index (χ0n) is 14.1. The number of amides is 1. The molecule has 0 fully saturated rings. The van der Waals surface area contributed by atoms with E-state index in [1.54, 1.807) is 42.5 Å². The molecule has 3 N–H and O–H groups in total. The Morgan fingerprint density at radius 3 is 2.64 bits per heavy atom. The van der Waals surface area contributed by atoms with Crippen LogP contribution in [0.1, 0.15) is 37.0 Å². The van der Waals surface area contributed by atoms with Crippen LogP contribution in [0.2, 0.25) is 0 Å². The fourth-order valence-corrected chi connectivity index (χ4v) is 2.21. The van der Waals surface area contributed by atoms with Crippen LogP contribution in [0.3, 0.4) is 0 Å². The van der Waals surface area contributed by atoms with E-state index in [9.17, 15) is 15.0 Å². The van der Waals surface area contributed by atoms with E-state index >= 15 is 0 Å². The Morgan fingerprint density at radius 2 is 1.96 bits per heavy atom. The first-order chi connectivity index (χ1) is 12.1. The molecule has 6 heteroatoms. The highest BCUT2D eigenvalue weighted by atomic mass is 16.5. The number of hydrogen-bond acceptors (Lipinski definition) is 5. The van der Waals surface area contributed by atoms with Crippen molar-refractivity contribution >= 4 is 12.1 Å². The van der Waals surface area contributed by atoms with Gasteiger partial charge in [-0.15, -0.1) is 0 Å². The molecule has 0 saturated carbocycles. The molecule has 1 amide bonds. The molecule has 2 aromatic rings. The van der Waals surface area contributed by atoms with Crippen molar-refractivity contribution in [3.8, 4) is 11.5 Å². The Bertz CT molecular complexity index is 714. The molecule has 0 heterocycles. The molecule has 1 atom stereocenters. The lowest BCUT2D eigenvalue weighted by atomic mass is 10.0. The van der Waals surface area contributed by atoms with Gasteiger partial charge in [-0.2, -0.15) is 5.10 Å². The fraction of sp³-hybridized carbons (Fsp3) is 0.263. The van der Waals surface area contributed by atoms with Gasteiger partial charge in [-0.25, -0.2) is 5.43 Å². The molecule has 6 nitrogen and oxygen atoms in total. The minimum atomic E-state index is -0.733. The molecule has 0 aromatic heterocycles. The number of nitrogens with one attached hydrogen (secondary N) is 1. The van der Waals surface area contributed by atoms with E-state index in [0.29, 0.717) is 12.2 Å². The molecule has 2 rings (SSSR count). The van der Waals surface area contributed by atoms with Gasteiger partial charge in [-0.05, 0) is 43.2 Å². The van der Waals surface area contributed by atoms with E-state index in [1.165, 1.54) is 12.3 Å². The van der Waals surface area contributed by atoms with Crippen LogP contribution in [0, 0.1) is 0 Å². The van der Waals surface area contributed by atoms with Gasteiger partial charge in [0.1, 0.15) is 11.5 Å². The average molecular weight is 342 g/mol. The third kappa shape index (κ3) is 5.93. The van der Waals surface area contributed by atoms with Crippen LogP contribution in [0.25, 0.3) is 0 Å². The van der Waals surface area contributed by atoms with Crippen molar-refractivity contribution in [3.05, 3.63) is 59.7 Å². The van der Waals surface area contributed by atoms with Gasteiger partial charge in [0, 0.05) is 12.0 Å². The predicted octanol–water partition coefficient (Wildman–Crippen LogP) is 2.75. The Morgan fingerprint density at radius 1 is 1.24 bits per heavy atom. The number of carbonyl (C=O) groups excluding carboxylic acids is 1. The maximum Gasteiger partial charge on any atom is 0.240 e. The second kappa shape index (κ2) is 9.44.